The van der Waals surface area contributed by atoms with E-state index in [-0.39, 0.29) is 12.0 Å². The van der Waals surface area contributed by atoms with Crippen LogP contribution in [0.25, 0.3) is 0 Å². The largest absolute Gasteiger partial charge is 0.468 e. The third kappa shape index (κ3) is 3.38. The van der Waals surface area contributed by atoms with Crippen LogP contribution >= 0.6 is 11.8 Å². The normalized spacial score (nSPS) is 27.7. The summed E-state index contributed by atoms with van der Waals surface area (Å²) in [6.07, 6.45) is 6.64. The third-order valence-electron chi connectivity index (χ3n) is 3.06. The Morgan fingerprint density at radius 2 is 2.33 bits per heavy atom. The number of hydrogen-bond acceptors (Lipinski definition) is 4. The summed E-state index contributed by atoms with van der Waals surface area (Å²) in [5.74, 6) is -0.135. The van der Waals surface area contributed by atoms with Gasteiger partial charge in [0.15, 0.2) is 0 Å². The number of methoxy groups -OCH3 is 1. The zero-order chi connectivity index (χ0) is 11.3. The van der Waals surface area contributed by atoms with Gasteiger partial charge in [0.2, 0.25) is 0 Å². The molecule has 0 heterocycles. The first kappa shape index (κ1) is 12.8. The van der Waals surface area contributed by atoms with Crippen molar-refractivity contribution in [3.05, 3.63) is 0 Å². The molecule has 0 aliphatic heterocycles. The maximum Gasteiger partial charge on any atom is 0.322 e. The zero-order valence-corrected chi connectivity index (χ0v) is 10.6. The summed E-state index contributed by atoms with van der Waals surface area (Å²) in [7, 11) is 1.45. The molecule has 0 aromatic rings. The summed E-state index contributed by atoms with van der Waals surface area (Å²) >= 11 is 1.90. The van der Waals surface area contributed by atoms with E-state index in [1.807, 2.05) is 18.7 Å². The highest BCUT2D eigenvalue weighted by Crippen LogP contribution is 2.28. The number of esters is 1. The molecule has 88 valence electrons. The van der Waals surface area contributed by atoms with Gasteiger partial charge in [-0.3, -0.25) is 4.79 Å². The van der Waals surface area contributed by atoms with Gasteiger partial charge in [0, 0.05) is 11.3 Å². The Balaban J connectivity index is 2.47. The Labute approximate surface area is 96.3 Å². The molecule has 0 aromatic carbocycles. The minimum absolute atomic E-state index is 0.132. The molecule has 0 spiro atoms. The fourth-order valence-corrected chi connectivity index (χ4v) is 3.10. The van der Waals surface area contributed by atoms with Crippen LogP contribution in [-0.2, 0) is 9.53 Å². The van der Waals surface area contributed by atoms with Crippen LogP contribution in [0.2, 0.25) is 0 Å². The average Bonchev–Trinajstić information content (AvgIpc) is 2.71. The highest BCUT2D eigenvalue weighted by Gasteiger charge is 2.30. The molecule has 1 rings (SSSR count). The van der Waals surface area contributed by atoms with Gasteiger partial charge in [0.05, 0.1) is 7.11 Å². The zero-order valence-electron chi connectivity index (χ0n) is 9.79. The highest BCUT2D eigenvalue weighted by molar-refractivity contribution is 7.99. The Hall–Kier alpha value is -0.220. The van der Waals surface area contributed by atoms with Crippen molar-refractivity contribution in [2.24, 2.45) is 0 Å². The standard InChI is InChI=1S/C11H21NO2S/c1-4-8(11(13)14-2)12-9-6-5-7-10(9)15-3/h8-10,12H,4-7H2,1-3H3. The first-order chi connectivity index (χ1) is 7.22. The monoisotopic (exact) mass is 231 g/mol. The molecule has 4 heteroatoms. The molecule has 1 aliphatic rings. The second-order valence-corrected chi connectivity index (χ2v) is 5.04. The summed E-state index contributed by atoms with van der Waals surface area (Å²) in [5, 5.41) is 4.08. The number of carbonyl (C=O) groups is 1. The van der Waals surface area contributed by atoms with E-state index < -0.39 is 0 Å². The molecule has 3 atom stereocenters. The lowest BCUT2D eigenvalue weighted by Crippen LogP contribution is -2.45. The van der Waals surface area contributed by atoms with Gasteiger partial charge in [-0.2, -0.15) is 11.8 Å². The molecule has 1 fully saturated rings. The number of hydrogen-bond donors (Lipinski definition) is 1. The molecule has 1 aliphatic carbocycles. The van der Waals surface area contributed by atoms with Crippen LogP contribution in [0.1, 0.15) is 32.6 Å². The lowest BCUT2D eigenvalue weighted by Gasteiger charge is -2.24. The van der Waals surface area contributed by atoms with Gasteiger partial charge < -0.3 is 10.1 Å². The fraction of sp³-hybridized carbons (Fsp3) is 0.909. The maximum atomic E-state index is 11.4. The Morgan fingerprint density at radius 3 is 2.87 bits per heavy atom. The lowest BCUT2D eigenvalue weighted by molar-refractivity contribution is -0.143. The van der Waals surface area contributed by atoms with E-state index in [2.05, 4.69) is 11.6 Å². The molecule has 0 aromatic heterocycles. The van der Waals surface area contributed by atoms with Crippen LogP contribution in [0.3, 0.4) is 0 Å². The molecular formula is C11H21NO2S. The van der Waals surface area contributed by atoms with Crippen molar-refractivity contribution in [2.75, 3.05) is 13.4 Å². The van der Waals surface area contributed by atoms with E-state index >= 15 is 0 Å². The van der Waals surface area contributed by atoms with E-state index in [1.165, 1.54) is 26.4 Å². The van der Waals surface area contributed by atoms with Crippen molar-refractivity contribution in [2.45, 2.75) is 49.9 Å². The number of ether oxygens (including phenoxy) is 1. The molecule has 15 heavy (non-hydrogen) atoms. The van der Waals surface area contributed by atoms with E-state index in [4.69, 9.17) is 4.74 Å². The van der Waals surface area contributed by atoms with E-state index in [9.17, 15) is 4.79 Å². The second kappa shape index (κ2) is 6.38. The second-order valence-electron chi connectivity index (χ2n) is 3.96. The quantitative estimate of drug-likeness (QED) is 0.732. The van der Waals surface area contributed by atoms with Crippen molar-refractivity contribution in [1.29, 1.82) is 0 Å². The van der Waals surface area contributed by atoms with Crippen LogP contribution in [0.15, 0.2) is 0 Å². The van der Waals surface area contributed by atoms with Crippen LogP contribution in [0.5, 0.6) is 0 Å². The van der Waals surface area contributed by atoms with E-state index in [0.717, 1.165) is 6.42 Å². The van der Waals surface area contributed by atoms with Crippen molar-refractivity contribution in [3.63, 3.8) is 0 Å². The molecule has 1 N–H and O–H groups in total. The Bertz CT molecular complexity index is 211. The first-order valence-electron chi connectivity index (χ1n) is 5.59. The maximum absolute atomic E-state index is 11.4. The highest BCUT2D eigenvalue weighted by atomic mass is 32.2. The molecule has 0 radical (unpaired) electrons. The number of nitrogens with one attached hydrogen (secondary N) is 1. The fourth-order valence-electron chi connectivity index (χ4n) is 2.15. The van der Waals surface area contributed by atoms with Crippen LogP contribution < -0.4 is 5.32 Å². The van der Waals surface area contributed by atoms with Crippen LogP contribution in [-0.4, -0.2) is 36.7 Å². The summed E-state index contributed by atoms with van der Waals surface area (Å²) in [5.41, 5.74) is 0. The average molecular weight is 231 g/mol. The Morgan fingerprint density at radius 1 is 1.60 bits per heavy atom. The van der Waals surface area contributed by atoms with E-state index in [1.54, 1.807) is 0 Å². The molecule has 0 amide bonds. The molecule has 3 nitrogen and oxygen atoms in total. The van der Waals surface area contributed by atoms with Gasteiger partial charge in [-0.25, -0.2) is 0 Å². The minimum Gasteiger partial charge on any atom is -0.468 e. The third-order valence-corrected chi connectivity index (χ3v) is 4.23. The van der Waals surface area contributed by atoms with Gasteiger partial charge in [-0.1, -0.05) is 13.3 Å². The van der Waals surface area contributed by atoms with Crippen molar-refractivity contribution in [1.82, 2.24) is 5.32 Å². The predicted octanol–water partition coefficient (Wildman–Crippen LogP) is 1.81. The summed E-state index contributed by atoms with van der Waals surface area (Å²) in [6, 6.07) is 0.344. The van der Waals surface area contributed by atoms with Crippen molar-refractivity contribution in [3.8, 4) is 0 Å². The molecule has 0 saturated heterocycles. The molecule has 0 bridgehead atoms. The van der Waals surface area contributed by atoms with Gasteiger partial charge >= 0.3 is 5.97 Å². The number of thioether (sulfide) groups is 1. The SMILES string of the molecule is CCC(NC1CCCC1SC)C(=O)OC. The number of rotatable bonds is 5. The molecule has 1 saturated carbocycles. The van der Waals surface area contributed by atoms with Gasteiger partial charge in [-0.15, -0.1) is 0 Å². The van der Waals surface area contributed by atoms with Gasteiger partial charge in [0.1, 0.15) is 6.04 Å². The van der Waals surface area contributed by atoms with Crippen molar-refractivity contribution >= 4 is 17.7 Å². The molecular weight excluding hydrogens is 210 g/mol. The summed E-state index contributed by atoms with van der Waals surface area (Å²) in [6.45, 7) is 2.01. The van der Waals surface area contributed by atoms with Crippen LogP contribution in [0.4, 0.5) is 0 Å². The molecule has 3 unspecified atom stereocenters. The predicted molar refractivity (Wildman–Crippen MR) is 64.2 cm³/mol. The van der Waals surface area contributed by atoms with Gasteiger partial charge in [0.25, 0.3) is 0 Å². The topological polar surface area (TPSA) is 38.3 Å². The number of carbonyl (C=O) groups excluding carboxylic acids is 1. The minimum atomic E-state index is -0.135. The lowest BCUT2D eigenvalue weighted by atomic mass is 10.1. The Kier molecular flexibility index (Phi) is 5.47. The van der Waals surface area contributed by atoms with E-state index in [0.29, 0.717) is 11.3 Å². The smallest absolute Gasteiger partial charge is 0.322 e. The first-order valence-corrected chi connectivity index (χ1v) is 6.88. The van der Waals surface area contributed by atoms with Crippen molar-refractivity contribution < 1.29 is 9.53 Å². The van der Waals surface area contributed by atoms with Gasteiger partial charge in [-0.05, 0) is 25.5 Å². The summed E-state index contributed by atoms with van der Waals surface area (Å²) in [4.78, 5) is 11.4. The summed E-state index contributed by atoms with van der Waals surface area (Å²) < 4.78 is 4.77. The van der Waals surface area contributed by atoms with Crippen LogP contribution in [0, 0.1) is 0 Å².